The highest BCUT2D eigenvalue weighted by Gasteiger charge is 2.22. The Kier molecular flexibility index (Phi) is 5.49. The molecule has 3 heteroatoms. The molecule has 1 saturated heterocycles. The molecule has 0 saturated carbocycles. The minimum Gasteiger partial charge on any atom is -0.348 e. The smallest absolute Gasteiger partial charge is 0.234 e. The maximum atomic E-state index is 12.4. The molecule has 0 bridgehead atoms. The number of likely N-dealkylation sites (tertiary alicyclic amines) is 1. The first-order valence-electron chi connectivity index (χ1n) is 8.92. The lowest BCUT2D eigenvalue weighted by molar-refractivity contribution is -0.123. The number of aryl methyl sites for hydroxylation is 1. The van der Waals surface area contributed by atoms with Gasteiger partial charge < -0.3 is 5.32 Å². The Morgan fingerprint density at radius 3 is 2.59 bits per heavy atom. The number of fused-ring (bicyclic) bond motifs is 1. The van der Waals surface area contributed by atoms with Crippen molar-refractivity contribution in [2.24, 2.45) is 0 Å². The van der Waals surface area contributed by atoms with Crippen molar-refractivity contribution in [2.45, 2.75) is 57.4 Å². The largest absolute Gasteiger partial charge is 0.348 e. The number of amides is 1. The van der Waals surface area contributed by atoms with Crippen LogP contribution >= 0.6 is 0 Å². The van der Waals surface area contributed by atoms with Crippen LogP contribution in [0.1, 0.15) is 62.1 Å². The lowest BCUT2D eigenvalue weighted by Gasteiger charge is -2.28. The van der Waals surface area contributed by atoms with E-state index in [1.165, 1.54) is 49.7 Å². The van der Waals surface area contributed by atoms with Gasteiger partial charge in [-0.3, -0.25) is 9.69 Å². The quantitative estimate of drug-likeness (QED) is 0.927. The van der Waals surface area contributed by atoms with E-state index in [2.05, 4.69) is 34.5 Å². The van der Waals surface area contributed by atoms with Gasteiger partial charge >= 0.3 is 0 Å². The number of benzene rings is 1. The summed E-state index contributed by atoms with van der Waals surface area (Å²) in [7, 11) is 0. The highest BCUT2D eigenvalue weighted by Crippen LogP contribution is 2.29. The van der Waals surface area contributed by atoms with Crippen LogP contribution in [0.3, 0.4) is 0 Å². The summed E-state index contributed by atoms with van der Waals surface area (Å²) < 4.78 is 0. The molecule has 1 aliphatic carbocycles. The van der Waals surface area contributed by atoms with Crippen LogP contribution < -0.4 is 5.32 Å². The van der Waals surface area contributed by atoms with Gasteiger partial charge in [0.2, 0.25) is 5.91 Å². The van der Waals surface area contributed by atoms with Crippen LogP contribution in [0.5, 0.6) is 0 Å². The SMILES string of the molecule is O=C(CN1CCCCCCC1)N[C@@H]1CCCc2ccccc21. The molecular weight excluding hydrogens is 272 g/mol. The summed E-state index contributed by atoms with van der Waals surface area (Å²) in [4.78, 5) is 14.8. The van der Waals surface area contributed by atoms with Gasteiger partial charge in [0.25, 0.3) is 0 Å². The van der Waals surface area contributed by atoms with E-state index in [0.29, 0.717) is 6.54 Å². The molecule has 0 radical (unpaired) electrons. The van der Waals surface area contributed by atoms with Gasteiger partial charge in [0.15, 0.2) is 0 Å². The van der Waals surface area contributed by atoms with E-state index in [4.69, 9.17) is 0 Å². The maximum absolute atomic E-state index is 12.4. The van der Waals surface area contributed by atoms with Gasteiger partial charge in [0, 0.05) is 0 Å². The molecule has 1 heterocycles. The van der Waals surface area contributed by atoms with Crippen molar-refractivity contribution in [2.75, 3.05) is 19.6 Å². The van der Waals surface area contributed by atoms with Gasteiger partial charge in [-0.25, -0.2) is 0 Å². The standard InChI is InChI=1S/C19H28N2O/c22-19(15-21-13-6-2-1-3-7-14-21)20-18-12-8-10-16-9-4-5-11-17(16)18/h4-5,9,11,18H,1-3,6-8,10,12-15H2,(H,20,22)/t18-/m1/s1. The van der Waals surface area contributed by atoms with Crippen LogP contribution in [0.4, 0.5) is 0 Å². The van der Waals surface area contributed by atoms with Crippen LogP contribution in [-0.4, -0.2) is 30.4 Å². The van der Waals surface area contributed by atoms with Crippen LogP contribution in [0, 0.1) is 0 Å². The highest BCUT2D eigenvalue weighted by molar-refractivity contribution is 5.78. The molecule has 2 aliphatic rings. The Balaban J connectivity index is 1.55. The fourth-order valence-corrected chi connectivity index (χ4v) is 3.82. The highest BCUT2D eigenvalue weighted by atomic mass is 16.2. The summed E-state index contributed by atoms with van der Waals surface area (Å²) >= 11 is 0. The van der Waals surface area contributed by atoms with Crippen LogP contribution in [-0.2, 0) is 11.2 Å². The van der Waals surface area contributed by atoms with Crippen LogP contribution in [0.15, 0.2) is 24.3 Å². The molecule has 3 nitrogen and oxygen atoms in total. The van der Waals surface area contributed by atoms with Crippen LogP contribution in [0.2, 0.25) is 0 Å². The lowest BCUT2D eigenvalue weighted by Crippen LogP contribution is -2.40. The average Bonchev–Trinajstić information content (AvgIpc) is 2.50. The molecule has 1 aliphatic heterocycles. The fourth-order valence-electron chi connectivity index (χ4n) is 3.82. The summed E-state index contributed by atoms with van der Waals surface area (Å²) in [5.74, 6) is 0.197. The molecule has 0 aromatic heterocycles. The number of nitrogens with zero attached hydrogens (tertiary/aromatic N) is 1. The number of nitrogens with one attached hydrogen (secondary N) is 1. The van der Waals surface area contributed by atoms with Crippen molar-refractivity contribution >= 4 is 5.91 Å². The average molecular weight is 300 g/mol. The second-order valence-electron chi connectivity index (χ2n) is 6.76. The van der Waals surface area contributed by atoms with E-state index >= 15 is 0 Å². The maximum Gasteiger partial charge on any atom is 0.234 e. The van der Waals surface area contributed by atoms with Gasteiger partial charge in [0.1, 0.15) is 0 Å². The molecule has 1 N–H and O–H groups in total. The first kappa shape index (κ1) is 15.5. The summed E-state index contributed by atoms with van der Waals surface area (Å²) in [6.45, 7) is 2.72. The molecular formula is C19H28N2O. The third kappa shape index (κ3) is 4.10. The van der Waals surface area contributed by atoms with E-state index in [-0.39, 0.29) is 11.9 Å². The molecule has 0 spiro atoms. The Bertz CT molecular complexity index is 492. The van der Waals surface area contributed by atoms with Crippen molar-refractivity contribution in [1.29, 1.82) is 0 Å². The minimum atomic E-state index is 0.197. The number of carbonyl (C=O) groups is 1. The van der Waals surface area contributed by atoms with Gasteiger partial charge in [-0.1, -0.05) is 43.5 Å². The van der Waals surface area contributed by atoms with E-state index in [1.807, 2.05) is 0 Å². The Morgan fingerprint density at radius 2 is 1.77 bits per heavy atom. The first-order valence-corrected chi connectivity index (χ1v) is 8.92. The van der Waals surface area contributed by atoms with Gasteiger partial charge in [-0.05, 0) is 56.3 Å². The number of hydrogen-bond donors (Lipinski definition) is 1. The number of hydrogen-bond acceptors (Lipinski definition) is 2. The molecule has 120 valence electrons. The van der Waals surface area contributed by atoms with Gasteiger partial charge in [-0.15, -0.1) is 0 Å². The summed E-state index contributed by atoms with van der Waals surface area (Å²) in [6.07, 6.45) is 9.85. The van der Waals surface area contributed by atoms with Gasteiger partial charge in [-0.2, -0.15) is 0 Å². The van der Waals surface area contributed by atoms with Crippen molar-refractivity contribution < 1.29 is 4.79 Å². The summed E-state index contributed by atoms with van der Waals surface area (Å²) in [5, 5.41) is 3.28. The van der Waals surface area contributed by atoms with Crippen LogP contribution in [0.25, 0.3) is 0 Å². The molecule has 22 heavy (non-hydrogen) atoms. The molecule has 1 amide bonds. The van der Waals surface area contributed by atoms with Gasteiger partial charge in [0.05, 0.1) is 12.6 Å². The number of rotatable bonds is 3. The van der Waals surface area contributed by atoms with Crippen molar-refractivity contribution in [3.8, 4) is 0 Å². The zero-order valence-electron chi connectivity index (χ0n) is 13.5. The topological polar surface area (TPSA) is 32.3 Å². The lowest BCUT2D eigenvalue weighted by atomic mass is 9.88. The third-order valence-corrected chi connectivity index (χ3v) is 5.02. The molecule has 3 rings (SSSR count). The van der Waals surface area contributed by atoms with E-state index in [0.717, 1.165) is 25.9 Å². The van der Waals surface area contributed by atoms with Crippen molar-refractivity contribution in [1.82, 2.24) is 10.2 Å². The monoisotopic (exact) mass is 300 g/mol. The number of carbonyl (C=O) groups excluding carboxylic acids is 1. The normalized spacial score (nSPS) is 23.2. The summed E-state index contributed by atoms with van der Waals surface area (Å²) in [5.41, 5.74) is 2.74. The Labute approximate surface area is 134 Å². The van der Waals surface area contributed by atoms with E-state index in [9.17, 15) is 4.79 Å². The Morgan fingerprint density at radius 1 is 1.05 bits per heavy atom. The Hall–Kier alpha value is -1.35. The molecule has 1 aromatic rings. The van der Waals surface area contributed by atoms with Crippen molar-refractivity contribution in [3.63, 3.8) is 0 Å². The zero-order valence-corrected chi connectivity index (χ0v) is 13.5. The first-order chi connectivity index (χ1) is 10.8. The third-order valence-electron chi connectivity index (χ3n) is 5.02. The predicted octanol–water partition coefficient (Wildman–Crippen LogP) is 3.45. The van der Waals surface area contributed by atoms with Crippen molar-refractivity contribution in [3.05, 3.63) is 35.4 Å². The predicted molar refractivity (Wildman–Crippen MR) is 89.8 cm³/mol. The second-order valence-corrected chi connectivity index (χ2v) is 6.76. The fraction of sp³-hybridized carbons (Fsp3) is 0.632. The summed E-state index contributed by atoms with van der Waals surface area (Å²) in [6, 6.07) is 8.78. The minimum absolute atomic E-state index is 0.197. The zero-order chi connectivity index (χ0) is 15.2. The van der Waals surface area contributed by atoms with E-state index < -0.39 is 0 Å². The molecule has 1 fully saturated rings. The molecule has 1 aromatic carbocycles. The molecule has 0 unspecified atom stereocenters. The molecule has 1 atom stereocenters. The van der Waals surface area contributed by atoms with E-state index in [1.54, 1.807) is 0 Å². The second kappa shape index (κ2) is 7.77.